The van der Waals surface area contributed by atoms with Crippen molar-refractivity contribution in [3.8, 4) is 29.9 Å². The highest BCUT2D eigenvalue weighted by atomic mass is 16.5. The van der Waals surface area contributed by atoms with Crippen LogP contribution in [0.4, 0.5) is 11.5 Å². The Morgan fingerprint density at radius 2 is 1.85 bits per heavy atom. The fourth-order valence-electron chi connectivity index (χ4n) is 2.55. The molecule has 0 bridgehead atoms. The van der Waals surface area contributed by atoms with Gasteiger partial charge in [-0.25, -0.2) is 0 Å². The summed E-state index contributed by atoms with van der Waals surface area (Å²) < 4.78 is 16.3. The second kappa shape index (κ2) is 7.62. The van der Waals surface area contributed by atoms with Crippen LogP contribution in [0.2, 0.25) is 0 Å². The van der Waals surface area contributed by atoms with E-state index in [0.717, 1.165) is 16.6 Å². The van der Waals surface area contributed by atoms with Crippen LogP contribution in [0.25, 0.3) is 10.9 Å². The number of fused-ring (bicyclic) bond motifs is 1. The predicted octanol–water partition coefficient (Wildman–Crippen LogP) is 3.77. The van der Waals surface area contributed by atoms with Gasteiger partial charge in [0.15, 0.2) is 11.5 Å². The number of aromatic nitrogens is 2. The molecular formula is C20H19N3O3. The lowest BCUT2D eigenvalue weighted by atomic mass is 10.2. The quantitative estimate of drug-likeness (QED) is 0.684. The van der Waals surface area contributed by atoms with E-state index in [1.807, 2.05) is 37.3 Å². The number of nitrogens with zero attached hydrogens (tertiary/aromatic N) is 2. The highest BCUT2D eigenvalue weighted by Crippen LogP contribution is 2.35. The Labute approximate surface area is 152 Å². The first-order chi connectivity index (χ1) is 12.7. The first-order valence-electron chi connectivity index (χ1n) is 8.08. The fraction of sp³-hybridized carbons (Fsp3) is 0.200. The maximum absolute atomic E-state index is 5.50. The summed E-state index contributed by atoms with van der Waals surface area (Å²) >= 11 is 0. The monoisotopic (exact) mass is 349 g/mol. The van der Waals surface area contributed by atoms with E-state index in [9.17, 15) is 0 Å². The summed E-state index contributed by atoms with van der Waals surface area (Å²) in [4.78, 5) is 8.92. The average molecular weight is 349 g/mol. The van der Waals surface area contributed by atoms with Crippen molar-refractivity contribution < 1.29 is 14.2 Å². The molecule has 6 heteroatoms. The van der Waals surface area contributed by atoms with Crippen LogP contribution in [0.15, 0.2) is 36.4 Å². The number of hydrogen-bond acceptors (Lipinski definition) is 6. The summed E-state index contributed by atoms with van der Waals surface area (Å²) in [5, 5.41) is 4.06. The van der Waals surface area contributed by atoms with Gasteiger partial charge in [-0.3, -0.25) is 0 Å². The fourth-order valence-corrected chi connectivity index (χ4v) is 2.55. The Hall–Kier alpha value is -3.46. The lowest BCUT2D eigenvalue weighted by molar-refractivity contribution is 0.314. The van der Waals surface area contributed by atoms with Gasteiger partial charge >= 0.3 is 6.01 Å². The number of nitrogens with one attached hydrogen (secondary N) is 1. The molecule has 2 aromatic carbocycles. The molecule has 0 saturated carbocycles. The third-order valence-corrected chi connectivity index (χ3v) is 3.75. The van der Waals surface area contributed by atoms with Crippen molar-refractivity contribution >= 4 is 22.4 Å². The van der Waals surface area contributed by atoms with Crippen molar-refractivity contribution in [3.63, 3.8) is 0 Å². The molecule has 0 unspecified atom stereocenters. The van der Waals surface area contributed by atoms with E-state index in [4.69, 9.17) is 20.6 Å². The van der Waals surface area contributed by atoms with Gasteiger partial charge in [0, 0.05) is 22.7 Å². The summed E-state index contributed by atoms with van der Waals surface area (Å²) in [6.07, 6.45) is 5.48. The van der Waals surface area contributed by atoms with Gasteiger partial charge in [-0.2, -0.15) is 9.97 Å². The molecule has 0 fully saturated rings. The third kappa shape index (κ3) is 3.47. The molecule has 132 valence electrons. The molecular weight excluding hydrogens is 330 g/mol. The molecule has 1 N–H and O–H groups in total. The van der Waals surface area contributed by atoms with E-state index in [1.54, 1.807) is 20.3 Å². The Kier molecular flexibility index (Phi) is 5.09. The zero-order chi connectivity index (χ0) is 18.5. The SMILES string of the molecule is C#Cc1cccc(Nc2nc(OCC)nc3cc(OC)c(OC)cc23)c1. The van der Waals surface area contributed by atoms with Crippen LogP contribution in [0.1, 0.15) is 12.5 Å². The first-order valence-corrected chi connectivity index (χ1v) is 8.08. The number of anilines is 2. The van der Waals surface area contributed by atoms with Crippen LogP contribution >= 0.6 is 0 Å². The van der Waals surface area contributed by atoms with E-state index in [0.29, 0.717) is 29.4 Å². The van der Waals surface area contributed by atoms with Crippen molar-refractivity contribution in [1.82, 2.24) is 9.97 Å². The van der Waals surface area contributed by atoms with E-state index in [-0.39, 0.29) is 6.01 Å². The van der Waals surface area contributed by atoms with E-state index in [1.165, 1.54) is 0 Å². The number of benzene rings is 2. The molecule has 0 radical (unpaired) electrons. The zero-order valence-electron chi connectivity index (χ0n) is 14.9. The molecule has 0 aliphatic heterocycles. The minimum atomic E-state index is 0.280. The molecule has 0 aliphatic carbocycles. The van der Waals surface area contributed by atoms with Crippen molar-refractivity contribution in [2.24, 2.45) is 0 Å². The van der Waals surface area contributed by atoms with Gasteiger partial charge in [0.25, 0.3) is 0 Å². The summed E-state index contributed by atoms with van der Waals surface area (Å²) in [5.41, 5.74) is 2.27. The molecule has 0 amide bonds. The predicted molar refractivity (Wildman–Crippen MR) is 101 cm³/mol. The topological polar surface area (TPSA) is 65.5 Å². The van der Waals surface area contributed by atoms with Crippen LogP contribution in [-0.2, 0) is 0 Å². The van der Waals surface area contributed by atoms with Gasteiger partial charge in [0.05, 0.1) is 26.3 Å². The number of terminal acetylenes is 1. The molecule has 3 aromatic rings. The smallest absolute Gasteiger partial charge is 0.318 e. The van der Waals surface area contributed by atoms with Crippen molar-refractivity contribution in [3.05, 3.63) is 42.0 Å². The lowest BCUT2D eigenvalue weighted by Gasteiger charge is -2.14. The summed E-state index contributed by atoms with van der Waals surface area (Å²) in [7, 11) is 3.17. The summed E-state index contributed by atoms with van der Waals surface area (Å²) in [5.74, 6) is 4.39. The third-order valence-electron chi connectivity index (χ3n) is 3.75. The maximum atomic E-state index is 5.50. The Bertz CT molecular complexity index is 980. The molecule has 0 saturated heterocycles. The molecule has 6 nitrogen and oxygen atoms in total. The van der Waals surface area contributed by atoms with Crippen LogP contribution < -0.4 is 19.5 Å². The van der Waals surface area contributed by atoms with Gasteiger partial charge in [-0.1, -0.05) is 12.0 Å². The second-order valence-corrected chi connectivity index (χ2v) is 5.36. The molecule has 3 rings (SSSR count). The molecule has 0 spiro atoms. The number of hydrogen-bond donors (Lipinski definition) is 1. The van der Waals surface area contributed by atoms with Crippen molar-refractivity contribution in [2.45, 2.75) is 6.92 Å². The largest absolute Gasteiger partial charge is 0.493 e. The van der Waals surface area contributed by atoms with Crippen LogP contribution in [-0.4, -0.2) is 30.8 Å². The van der Waals surface area contributed by atoms with Crippen molar-refractivity contribution in [2.75, 3.05) is 26.1 Å². The van der Waals surface area contributed by atoms with Crippen LogP contribution in [0.3, 0.4) is 0 Å². The van der Waals surface area contributed by atoms with E-state index >= 15 is 0 Å². The van der Waals surface area contributed by atoms with E-state index in [2.05, 4.69) is 21.2 Å². The highest BCUT2D eigenvalue weighted by molar-refractivity contribution is 5.93. The number of rotatable bonds is 6. The first kappa shape index (κ1) is 17.4. The molecule has 1 heterocycles. The highest BCUT2D eigenvalue weighted by Gasteiger charge is 2.14. The molecule has 1 aromatic heterocycles. The minimum absolute atomic E-state index is 0.280. The van der Waals surface area contributed by atoms with Crippen molar-refractivity contribution in [1.29, 1.82) is 0 Å². The van der Waals surface area contributed by atoms with E-state index < -0.39 is 0 Å². The normalized spacial score (nSPS) is 10.2. The molecule has 0 aliphatic rings. The van der Waals surface area contributed by atoms with Gasteiger partial charge in [-0.05, 0) is 31.2 Å². The Morgan fingerprint density at radius 1 is 1.08 bits per heavy atom. The second-order valence-electron chi connectivity index (χ2n) is 5.36. The number of methoxy groups -OCH3 is 2. The Morgan fingerprint density at radius 3 is 2.54 bits per heavy atom. The molecule has 0 atom stereocenters. The summed E-state index contributed by atoms with van der Waals surface area (Å²) in [6.45, 7) is 2.34. The average Bonchev–Trinajstić information content (AvgIpc) is 2.67. The standard InChI is InChI=1S/C20H19N3O3/c1-5-13-8-7-9-14(10-13)21-19-15-11-17(24-3)18(25-4)12-16(15)22-20(23-19)26-6-2/h1,7-12H,6H2,2-4H3,(H,21,22,23). The van der Waals surface area contributed by atoms with Gasteiger partial charge < -0.3 is 19.5 Å². The summed E-state index contributed by atoms with van der Waals surface area (Å²) in [6, 6.07) is 11.4. The molecule has 26 heavy (non-hydrogen) atoms. The lowest BCUT2D eigenvalue weighted by Crippen LogP contribution is -2.03. The maximum Gasteiger partial charge on any atom is 0.318 e. The Balaban J connectivity index is 2.15. The van der Waals surface area contributed by atoms with Gasteiger partial charge in [0.1, 0.15) is 5.82 Å². The van der Waals surface area contributed by atoms with Gasteiger partial charge in [-0.15, -0.1) is 6.42 Å². The van der Waals surface area contributed by atoms with Crippen LogP contribution in [0, 0.1) is 12.3 Å². The van der Waals surface area contributed by atoms with Crippen LogP contribution in [0.5, 0.6) is 17.5 Å². The number of ether oxygens (including phenoxy) is 3. The zero-order valence-corrected chi connectivity index (χ0v) is 14.9. The van der Waals surface area contributed by atoms with Gasteiger partial charge in [0.2, 0.25) is 0 Å². The minimum Gasteiger partial charge on any atom is -0.493 e.